The fraction of sp³-hybridized carbons (Fsp3) is 0.382. The Bertz CT molecular complexity index is 1620. The van der Waals surface area contributed by atoms with Crippen LogP contribution >= 0.6 is 15.9 Å². The van der Waals surface area contributed by atoms with Gasteiger partial charge in [-0.05, 0) is 44.0 Å². The van der Waals surface area contributed by atoms with E-state index in [0.29, 0.717) is 29.2 Å². The van der Waals surface area contributed by atoms with E-state index in [4.69, 9.17) is 4.79 Å². The molecule has 0 atom stereocenters. The molecule has 0 unspecified atom stereocenters. The summed E-state index contributed by atoms with van der Waals surface area (Å²) >= 11 is 3.31. The molecule has 0 saturated carbocycles. The van der Waals surface area contributed by atoms with Gasteiger partial charge < -0.3 is 49.1 Å². The predicted molar refractivity (Wildman–Crippen MR) is 198 cm³/mol. The molecule has 0 aliphatic rings. The summed E-state index contributed by atoms with van der Waals surface area (Å²) < 4.78 is 11.0. The molecule has 0 aromatic carbocycles. The highest BCUT2D eigenvalue weighted by molar-refractivity contribution is 9.09. The Kier molecular flexibility index (Phi) is 19.3. The first-order valence-electron chi connectivity index (χ1n) is 15.4. The normalized spacial score (nSPS) is 9.73. The zero-order valence-corrected chi connectivity index (χ0v) is 31.1. The summed E-state index contributed by atoms with van der Waals surface area (Å²) in [6.07, 6.45) is 13.2. The van der Waals surface area contributed by atoms with Crippen LogP contribution in [0.15, 0.2) is 49.1 Å². The molecule has 4 N–H and O–H groups in total. The Morgan fingerprint density at radius 1 is 0.714 bits per heavy atom. The van der Waals surface area contributed by atoms with Crippen LogP contribution in [-0.4, -0.2) is 75.7 Å². The summed E-state index contributed by atoms with van der Waals surface area (Å²) in [5, 5.41) is 12.7. The smallest absolute Gasteiger partial charge is 0.292 e. The van der Waals surface area contributed by atoms with Gasteiger partial charge in [0.1, 0.15) is 17.7 Å². The van der Waals surface area contributed by atoms with Gasteiger partial charge in [-0.1, -0.05) is 22.4 Å². The molecule has 0 saturated heterocycles. The molecule has 0 fully saturated rings. The number of hydrogen-bond acceptors (Lipinski definition) is 8. The van der Waals surface area contributed by atoms with Crippen molar-refractivity contribution in [2.45, 2.75) is 32.6 Å². The van der Waals surface area contributed by atoms with Gasteiger partial charge in [-0.2, -0.15) is 0 Å². The summed E-state index contributed by atoms with van der Waals surface area (Å²) in [6, 6.07) is 7.16. The molecule has 4 aromatic heterocycles. The number of anilines is 4. The van der Waals surface area contributed by atoms with E-state index < -0.39 is 0 Å². The fourth-order valence-electron chi connectivity index (χ4n) is 4.25. The number of nitrogens with zero attached hydrogens (tertiary/aromatic N) is 4. The topological polar surface area (TPSA) is 162 Å². The van der Waals surface area contributed by atoms with Gasteiger partial charge in [0, 0.05) is 84.5 Å². The summed E-state index contributed by atoms with van der Waals surface area (Å²) in [4.78, 5) is 53.7. The maximum absolute atomic E-state index is 12.1. The third-order valence-electron chi connectivity index (χ3n) is 7.04. The molecule has 4 heterocycles. The first-order chi connectivity index (χ1) is 23.4. The van der Waals surface area contributed by atoms with E-state index in [1.165, 1.54) is 20.0 Å². The number of unbranched alkanes of at least 4 members (excludes halogenated alkanes) is 3. The number of halogens is 1. The molecule has 0 aliphatic heterocycles. The summed E-state index contributed by atoms with van der Waals surface area (Å²) in [5.74, 6) is -0.323. The number of rotatable bonds is 13. The number of carbonyl (C=O) groups excluding carboxylic acids is 5. The lowest BCUT2D eigenvalue weighted by atomic mass is 10.2. The second kappa shape index (κ2) is 22.5. The lowest BCUT2D eigenvalue weighted by Crippen LogP contribution is -2.14. The predicted octanol–water partition coefficient (Wildman–Crippen LogP) is 5.37. The Morgan fingerprint density at radius 3 is 1.53 bits per heavy atom. The Labute approximate surface area is 296 Å². The van der Waals surface area contributed by atoms with Crippen molar-refractivity contribution in [3.63, 3.8) is 0 Å². The van der Waals surface area contributed by atoms with Crippen molar-refractivity contribution in [2.75, 3.05) is 47.8 Å². The molecule has 4 aromatic rings. The number of aromatic nitrogens is 4. The first kappa shape index (κ1) is 42.0. The van der Waals surface area contributed by atoms with E-state index in [9.17, 15) is 19.2 Å². The fourth-order valence-corrected chi connectivity index (χ4v) is 4.65. The van der Waals surface area contributed by atoms with Crippen LogP contribution < -0.4 is 21.3 Å². The highest BCUT2D eigenvalue weighted by Crippen LogP contribution is 2.17. The molecule has 49 heavy (non-hydrogen) atoms. The molecule has 0 radical (unpaired) electrons. The standard InChI is InChI=1S/C13H16N4O2.C13H18N4O.C6H11BrO.C2H4O2/c1-14-9-5-12(17(3)6-9)13(19)15-10-4-11(8-18)16(2)7-10;1-9-5-11(8-16(9)3)15-13(18)12-6-10(14-2)7-17(12)4;7-5-3-1-2-4-6-8;1-4-2-3/h4-8,14H,1-3H3,(H,15,19);5-8,14H,1-4H3,(H,15,18);6H,1-5H2;2H,1H3. The largest absolute Gasteiger partial charge is 0.471 e. The van der Waals surface area contributed by atoms with Gasteiger partial charge in [0.05, 0.1) is 35.6 Å². The number of nitrogens with one attached hydrogen (secondary N) is 4. The van der Waals surface area contributed by atoms with Gasteiger partial charge in [0.25, 0.3) is 18.3 Å². The molecular formula is C34H49BrN8O6. The number of alkyl halides is 1. The van der Waals surface area contributed by atoms with Crippen LogP contribution in [0.4, 0.5) is 22.7 Å². The van der Waals surface area contributed by atoms with E-state index in [-0.39, 0.29) is 11.8 Å². The highest BCUT2D eigenvalue weighted by Gasteiger charge is 2.14. The molecule has 2 amide bonds. The van der Waals surface area contributed by atoms with Crippen molar-refractivity contribution in [1.82, 2.24) is 18.3 Å². The third-order valence-corrected chi connectivity index (χ3v) is 7.60. The lowest BCUT2D eigenvalue weighted by Gasteiger charge is -2.03. The van der Waals surface area contributed by atoms with Crippen molar-refractivity contribution < 1.29 is 28.7 Å². The van der Waals surface area contributed by atoms with E-state index in [1.54, 1.807) is 53.2 Å². The highest BCUT2D eigenvalue weighted by atomic mass is 79.9. The minimum atomic E-state index is -0.216. The average Bonchev–Trinajstić information content (AvgIpc) is 3.84. The van der Waals surface area contributed by atoms with E-state index >= 15 is 0 Å². The minimum Gasteiger partial charge on any atom is -0.471 e. The number of ether oxygens (including phenoxy) is 1. The molecule has 4 rings (SSSR count). The van der Waals surface area contributed by atoms with Gasteiger partial charge in [-0.3, -0.25) is 19.2 Å². The van der Waals surface area contributed by atoms with Crippen LogP contribution in [0, 0.1) is 6.92 Å². The van der Waals surface area contributed by atoms with E-state index in [2.05, 4.69) is 41.9 Å². The SMILES string of the molecule is CNc1cc(C(=O)Nc2cc(C)n(C)c2)n(C)c1.CNc1cc(C(=O)Nc2cc(C=O)n(C)c2)n(C)c1.COC=O.O=CCCCCCBr. The van der Waals surface area contributed by atoms with Crippen molar-refractivity contribution in [2.24, 2.45) is 28.2 Å². The summed E-state index contributed by atoms with van der Waals surface area (Å²) in [7, 11) is 12.3. The molecule has 0 aliphatic carbocycles. The van der Waals surface area contributed by atoms with Gasteiger partial charge in [0.2, 0.25) is 0 Å². The van der Waals surface area contributed by atoms with E-state index in [1.807, 2.05) is 63.4 Å². The van der Waals surface area contributed by atoms with Crippen LogP contribution in [0.25, 0.3) is 0 Å². The monoisotopic (exact) mass is 744 g/mol. The van der Waals surface area contributed by atoms with Crippen LogP contribution in [0.5, 0.6) is 0 Å². The Hall–Kier alpha value is -5.05. The molecule has 0 spiro atoms. The van der Waals surface area contributed by atoms with Crippen molar-refractivity contribution in [3.8, 4) is 0 Å². The number of aldehydes is 2. The maximum Gasteiger partial charge on any atom is 0.292 e. The molecular weight excluding hydrogens is 696 g/mol. The quantitative estimate of drug-likeness (QED) is 0.0808. The maximum atomic E-state index is 12.1. The van der Waals surface area contributed by atoms with E-state index in [0.717, 1.165) is 53.5 Å². The van der Waals surface area contributed by atoms with Crippen LogP contribution in [-0.2, 0) is 42.5 Å². The minimum absolute atomic E-state index is 0.107. The molecule has 0 bridgehead atoms. The number of methoxy groups -OCH3 is 1. The number of carbonyl (C=O) groups is 5. The second-order valence-corrected chi connectivity index (χ2v) is 11.6. The van der Waals surface area contributed by atoms with Crippen molar-refractivity contribution in [1.29, 1.82) is 0 Å². The van der Waals surface area contributed by atoms with Crippen LogP contribution in [0.1, 0.15) is 62.8 Å². The average molecular weight is 746 g/mol. The van der Waals surface area contributed by atoms with Crippen LogP contribution in [0.2, 0.25) is 0 Å². The Balaban J connectivity index is 0.000000372. The zero-order chi connectivity index (χ0) is 36.9. The first-order valence-corrected chi connectivity index (χ1v) is 16.5. The number of aryl methyl sites for hydroxylation is 5. The van der Waals surface area contributed by atoms with Crippen LogP contribution in [0.3, 0.4) is 0 Å². The van der Waals surface area contributed by atoms with Gasteiger partial charge in [-0.15, -0.1) is 0 Å². The molecule has 14 nitrogen and oxygen atoms in total. The zero-order valence-electron chi connectivity index (χ0n) is 29.5. The molecule has 15 heteroatoms. The summed E-state index contributed by atoms with van der Waals surface area (Å²) in [6.45, 7) is 2.37. The Morgan fingerprint density at radius 2 is 1.18 bits per heavy atom. The van der Waals surface area contributed by atoms with Crippen molar-refractivity contribution >= 4 is 69.5 Å². The number of hydrogen-bond donors (Lipinski definition) is 4. The summed E-state index contributed by atoms with van der Waals surface area (Å²) in [5.41, 5.74) is 5.99. The third kappa shape index (κ3) is 14.3. The number of amides is 2. The van der Waals surface area contributed by atoms with Gasteiger partial charge in [-0.25, -0.2) is 0 Å². The second-order valence-electron chi connectivity index (χ2n) is 10.8. The molecule has 268 valence electrons. The van der Waals surface area contributed by atoms with Crippen molar-refractivity contribution in [3.05, 3.63) is 71.8 Å². The lowest BCUT2D eigenvalue weighted by molar-refractivity contribution is -0.126. The van der Waals surface area contributed by atoms with Gasteiger partial charge >= 0.3 is 0 Å². The van der Waals surface area contributed by atoms with Gasteiger partial charge in [0.15, 0.2) is 6.29 Å².